The molecule has 2 bridgehead atoms. The molecule has 3 heteroatoms. The minimum absolute atomic E-state index is 0.215. The van der Waals surface area contributed by atoms with Gasteiger partial charge in [0.1, 0.15) is 0 Å². The Morgan fingerprint density at radius 2 is 2.19 bits per heavy atom. The number of nitrogens with two attached hydrogens (primary N) is 1. The fourth-order valence-corrected chi connectivity index (χ4v) is 3.06. The van der Waals surface area contributed by atoms with Gasteiger partial charge in [-0.3, -0.25) is 9.69 Å². The van der Waals surface area contributed by atoms with Gasteiger partial charge in [0.25, 0.3) is 0 Å². The molecular formula is C13H22N2O. The lowest BCUT2D eigenvalue weighted by Crippen LogP contribution is -2.42. The molecule has 3 atom stereocenters. The third kappa shape index (κ3) is 2.46. The number of hydrogen-bond acceptors (Lipinski definition) is 2. The summed E-state index contributed by atoms with van der Waals surface area (Å²) in [6.07, 6.45) is 7.34. The van der Waals surface area contributed by atoms with Crippen molar-refractivity contribution in [1.82, 2.24) is 4.90 Å². The summed E-state index contributed by atoms with van der Waals surface area (Å²) in [5, 5.41) is 0. The second kappa shape index (κ2) is 4.58. The molecule has 0 heterocycles. The molecule has 2 rings (SSSR count). The number of primary amides is 1. The molecule has 2 aliphatic carbocycles. The van der Waals surface area contributed by atoms with E-state index in [4.69, 9.17) is 5.73 Å². The summed E-state index contributed by atoms with van der Waals surface area (Å²) in [5.41, 5.74) is 5.29. The zero-order chi connectivity index (χ0) is 11.7. The van der Waals surface area contributed by atoms with E-state index >= 15 is 0 Å². The summed E-state index contributed by atoms with van der Waals surface area (Å²) in [5.74, 6) is 2.07. The molecule has 0 aromatic heterocycles. The number of carbonyl (C=O) groups is 1. The third-order valence-electron chi connectivity index (χ3n) is 3.97. The SMILES string of the molecule is CC(C)N(CC(N)=O)CC1CC2C=CC1C2. The first-order chi connectivity index (χ1) is 7.56. The van der Waals surface area contributed by atoms with Gasteiger partial charge in [-0.2, -0.15) is 0 Å². The lowest BCUT2D eigenvalue weighted by Gasteiger charge is -2.30. The van der Waals surface area contributed by atoms with E-state index < -0.39 is 0 Å². The molecular weight excluding hydrogens is 200 g/mol. The van der Waals surface area contributed by atoms with Crippen LogP contribution in [0.3, 0.4) is 0 Å². The first-order valence-corrected chi connectivity index (χ1v) is 6.27. The maximum atomic E-state index is 11.0. The van der Waals surface area contributed by atoms with Crippen molar-refractivity contribution in [1.29, 1.82) is 0 Å². The normalized spacial score (nSPS) is 31.9. The zero-order valence-corrected chi connectivity index (χ0v) is 10.2. The van der Waals surface area contributed by atoms with Crippen molar-refractivity contribution in [3.05, 3.63) is 12.2 Å². The average Bonchev–Trinajstić information content (AvgIpc) is 2.77. The summed E-state index contributed by atoms with van der Waals surface area (Å²) < 4.78 is 0. The largest absolute Gasteiger partial charge is 0.369 e. The smallest absolute Gasteiger partial charge is 0.231 e. The van der Waals surface area contributed by atoms with Crippen molar-refractivity contribution in [2.24, 2.45) is 23.5 Å². The number of fused-ring (bicyclic) bond motifs is 2. The average molecular weight is 222 g/mol. The van der Waals surface area contributed by atoms with Crippen molar-refractivity contribution in [2.75, 3.05) is 13.1 Å². The molecule has 16 heavy (non-hydrogen) atoms. The van der Waals surface area contributed by atoms with Gasteiger partial charge in [-0.25, -0.2) is 0 Å². The van der Waals surface area contributed by atoms with Crippen molar-refractivity contribution in [3.63, 3.8) is 0 Å². The quantitative estimate of drug-likeness (QED) is 0.715. The van der Waals surface area contributed by atoms with E-state index in [-0.39, 0.29) is 5.91 Å². The predicted octanol–water partition coefficient (Wildman–Crippen LogP) is 1.39. The Labute approximate surface area is 97.7 Å². The van der Waals surface area contributed by atoms with E-state index in [0.717, 1.165) is 24.3 Å². The van der Waals surface area contributed by atoms with Crippen LogP contribution in [0.1, 0.15) is 26.7 Å². The maximum Gasteiger partial charge on any atom is 0.231 e. The molecule has 0 aromatic rings. The molecule has 0 spiro atoms. The van der Waals surface area contributed by atoms with Gasteiger partial charge < -0.3 is 5.73 Å². The van der Waals surface area contributed by atoms with Gasteiger partial charge in [-0.05, 0) is 44.4 Å². The van der Waals surface area contributed by atoms with Crippen LogP contribution in [0.5, 0.6) is 0 Å². The topological polar surface area (TPSA) is 46.3 Å². The second-order valence-corrected chi connectivity index (χ2v) is 5.53. The van der Waals surface area contributed by atoms with Crippen molar-refractivity contribution >= 4 is 5.91 Å². The molecule has 0 radical (unpaired) electrons. The predicted molar refractivity (Wildman–Crippen MR) is 64.7 cm³/mol. The summed E-state index contributed by atoms with van der Waals surface area (Å²) in [7, 11) is 0. The van der Waals surface area contributed by atoms with Gasteiger partial charge in [0.2, 0.25) is 5.91 Å². The number of allylic oxidation sites excluding steroid dienone is 2. The summed E-state index contributed by atoms with van der Waals surface area (Å²) in [6.45, 7) is 5.68. The van der Waals surface area contributed by atoms with Crippen LogP contribution in [-0.4, -0.2) is 29.9 Å². The van der Waals surface area contributed by atoms with E-state index in [1.807, 2.05) is 0 Å². The standard InChI is InChI=1S/C13H22N2O/c1-9(2)15(8-13(14)16)7-12-6-10-3-4-11(12)5-10/h3-4,9-12H,5-8H2,1-2H3,(H2,14,16). The number of amides is 1. The first kappa shape index (κ1) is 11.6. The summed E-state index contributed by atoms with van der Waals surface area (Å²) in [4.78, 5) is 13.2. The van der Waals surface area contributed by atoms with Crippen LogP contribution in [-0.2, 0) is 4.79 Å². The first-order valence-electron chi connectivity index (χ1n) is 6.27. The van der Waals surface area contributed by atoms with Crippen LogP contribution >= 0.6 is 0 Å². The molecule has 3 nitrogen and oxygen atoms in total. The molecule has 2 N–H and O–H groups in total. The third-order valence-corrected chi connectivity index (χ3v) is 3.97. The lowest BCUT2D eigenvalue weighted by molar-refractivity contribution is -0.119. The molecule has 90 valence electrons. The van der Waals surface area contributed by atoms with E-state index in [0.29, 0.717) is 12.6 Å². The highest BCUT2D eigenvalue weighted by Crippen LogP contribution is 2.43. The zero-order valence-electron chi connectivity index (χ0n) is 10.2. The van der Waals surface area contributed by atoms with Crippen LogP contribution in [0.2, 0.25) is 0 Å². The fourth-order valence-electron chi connectivity index (χ4n) is 3.06. The highest BCUT2D eigenvalue weighted by molar-refractivity contribution is 5.75. The van der Waals surface area contributed by atoms with Gasteiger partial charge in [0.15, 0.2) is 0 Å². The highest BCUT2D eigenvalue weighted by atomic mass is 16.1. The number of rotatable bonds is 5. The van der Waals surface area contributed by atoms with Gasteiger partial charge >= 0.3 is 0 Å². The molecule has 2 aliphatic rings. The molecule has 0 aromatic carbocycles. The Bertz CT molecular complexity index is 298. The number of nitrogens with zero attached hydrogens (tertiary/aromatic N) is 1. The Kier molecular flexibility index (Phi) is 3.33. The Balaban J connectivity index is 1.91. The Morgan fingerprint density at radius 1 is 1.44 bits per heavy atom. The molecule has 0 aliphatic heterocycles. The number of carbonyl (C=O) groups excluding carboxylic acids is 1. The fraction of sp³-hybridized carbons (Fsp3) is 0.769. The number of hydrogen-bond donors (Lipinski definition) is 1. The van der Waals surface area contributed by atoms with E-state index in [1.54, 1.807) is 0 Å². The van der Waals surface area contributed by atoms with Crippen LogP contribution < -0.4 is 5.73 Å². The van der Waals surface area contributed by atoms with E-state index in [1.165, 1.54) is 12.8 Å². The van der Waals surface area contributed by atoms with E-state index in [9.17, 15) is 4.79 Å². The van der Waals surface area contributed by atoms with Crippen molar-refractivity contribution in [2.45, 2.75) is 32.7 Å². The van der Waals surface area contributed by atoms with E-state index in [2.05, 4.69) is 30.9 Å². The van der Waals surface area contributed by atoms with Crippen molar-refractivity contribution < 1.29 is 4.79 Å². The Hall–Kier alpha value is -0.830. The maximum absolute atomic E-state index is 11.0. The van der Waals surface area contributed by atoms with Crippen LogP contribution in [0.25, 0.3) is 0 Å². The summed E-state index contributed by atoms with van der Waals surface area (Å²) in [6, 6.07) is 0.399. The van der Waals surface area contributed by atoms with Gasteiger partial charge in [0.05, 0.1) is 6.54 Å². The van der Waals surface area contributed by atoms with Crippen LogP contribution in [0.4, 0.5) is 0 Å². The van der Waals surface area contributed by atoms with Gasteiger partial charge in [-0.1, -0.05) is 12.2 Å². The highest BCUT2D eigenvalue weighted by Gasteiger charge is 2.36. The minimum Gasteiger partial charge on any atom is -0.369 e. The summed E-state index contributed by atoms with van der Waals surface area (Å²) >= 11 is 0. The molecule has 1 fully saturated rings. The molecule has 3 unspecified atom stereocenters. The lowest BCUT2D eigenvalue weighted by atomic mass is 9.92. The van der Waals surface area contributed by atoms with Crippen LogP contribution in [0.15, 0.2) is 12.2 Å². The van der Waals surface area contributed by atoms with Gasteiger partial charge in [-0.15, -0.1) is 0 Å². The Morgan fingerprint density at radius 3 is 2.62 bits per heavy atom. The minimum atomic E-state index is -0.215. The second-order valence-electron chi connectivity index (χ2n) is 5.53. The molecule has 0 saturated heterocycles. The van der Waals surface area contributed by atoms with Gasteiger partial charge in [0, 0.05) is 12.6 Å². The monoisotopic (exact) mass is 222 g/mol. The van der Waals surface area contributed by atoms with Crippen LogP contribution in [0, 0.1) is 17.8 Å². The molecule has 1 amide bonds. The molecule has 1 saturated carbocycles. The van der Waals surface area contributed by atoms with Crippen molar-refractivity contribution in [3.8, 4) is 0 Å².